The van der Waals surface area contributed by atoms with Crippen molar-refractivity contribution in [3.8, 4) is 11.5 Å². The first kappa shape index (κ1) is 21.9. The third-order valence-electron chi connectivity index (χ3n) is 4.76. The number of aliphatic imine (C=N–C) groups is 1. The number of rotatable bonds is 6. The molecule has 1 saturated heterocycles. The highest BCUT2D eigenvalue weighted by Crippen LogP contribution is 2.24. The van der Waals surface area contributed by atoms with Gasteiger partial charge < -0.3 is 20.7 Å². The zero-order valence-corrected chi connectivity index (χ0v) is 19.0. The van der Waals surface area contributed by atoms with E-state index in [0.717, 1.165) is 41.7 Å². The number of nitrogens with one attached hydrogen (secondary N) is 1. The number of pyridine rings is 1. The summed E-state index contributed by atoms with van der Waals surface area (Å²) < 4.78 is 5.86. The van der Waals surface area contributed by atoms with Crippen LogP contribution in [0.2, 0.25) is 0 Å². The van der Waals surface area contributed by atoms with Crippen LogP contribution in [0.1, 0.15) is 18.4 Å². The average Bonchev–Trinajstić information content (AvgIpc) is 3.29. The molecule has 0 bridgehead atoms. The minimum atomic E-state index is 0. The lowest BCUT2D eigenvalue weighted by molar-refractivity contribution is 0.483. The Labute approximate surface area is 194 Å². The average molecular weight is 515 g/mol. The van der Waals surface area contributed by atoms with Crippen LogP contribution in [-0.2, 0) is 6.54 Å². The fourth-order valence-electron chi connectivity index (χ4n) is 3.30. The second-order valence-electron chi connectivity index (χ2n) is 6.99. The molecule has 0 aliphatic carbocycles. The summed E-state index contributed by atoms with van der Waals surface area (Å²) in [5, 5.41) is 3.13. The smallest absolute Gasteiger partial charge is 0.193 e. The second-order valence-corrected chi connectivity index (χ2v) is 6.99. The molecular weight excluding hydrogens is 489 g/mol. The van der Waals surface area contributed by atoms with E-state index in [9.17, 15) is 0 Å². The zero-order valence-electron chi connectivity index (χ0n) is 16.7. The normalized spacial score (nSPS) is 13.6. The van der Waals surface area contributed by atoms with Crippen LogP contribution < -0.4 is 20.7 Å². The molecule has 0 spiro atoms. The lowest BCUT2D eigenvalue weighted by Crippen LogP contribution is -2.22. The molecule has 7 heteroatoms. The third-order valence-corrected chi connectivity index (χ3v) is 4.76. The van der Waals surface area contributed by atoms with Crippen LogP contribution in [-0.4, -0.2) is 24.0 Å². The molecule has 2 aromatic carbocycles. The van der Waals surface area contributed by atoms with E-state index < -0.39 is 0 Å². The fourth-order valence-corrected chi connectivity index (χ4v) is 3.30. The Morgan fingerprint density at radius 1 is 1.00 bits per heavy atom. The van der Waals surface area contributed by atoms with Crippen molar-refractivity contribution in [2.75, 3.05) is 23.3 Å². The highest BCUT2D eigenvalue weighted by Gasteiger charge is 2.13. The Bertz CT molecular complexity index is 974. The van der Waals surface area contributed by atoms with Crippen molar-refractivity contribution in [1.29, 1.82) is 0 Å². The number of para-hydroxylation sites is 1. The lowest BCUT2D eigenvalue weighted by atomic mass is 10.2. The zero-order chi connectivity index (χ0) is 19.9. The van der Waals surface area contributed by atoms with Gasteiger partial charge in [-0.15, -0.1) is 24.0 Å². The van der Waals surface area contributed by atoms with Gasteiger partial charge in [0, 0.05) is 31.0 Å². The fraction of sp³-hybridized carbons (Fsp3) is 0.217. The Balaban J connectivity index is 0.00000256. The van der Waals surface area contributed by atoms with E-state index in [0.29, 0.717) is 12.5 Å². The van der Waals surface area contributed by atoms with Gasteiger partial charge >= 0.3 is 0 Å². The number of benzene rings is 2. The van der Waals surface area contributed by atoms with Gasteiger partial charge in [0.25, 0.3) is 0 Å². The molecule has 0 unspecified atom stereocenters. The van der Waals surface area contributed by atoms with Crippen molar-refractivity contribution in [3.05, 3.63) is 78.5 Å². The number of ether oxygens (including phenoxy) is 1. The van der Waals surface area contributed by atoms with Crippen LogP contribution >= 0.6 is 24.0 Å². The first-order chi connectivity index (χ1) is 14.3. The Morgan fingerprint density at radius 2 is 1.77 bits per heavy atom. The van der Waals surface area contributed by atoms with E-state index in [1.807, 2.05) is 66.9 Å². The maximum atomic E-state index is 6.09. The number of halogens is 1. The highest BCUT2D eigenvalue weighted by atomic mass is 127. The molecule has 6 nitrogen and oxygen atoms in total. The number of nitrogens with two attached hydrogens (primary N) is 1. The highest BCUT2D eigenvalue weighted by molar-refractivity contribution is 14.0. The maximum absolute atomic E-state index is 6.09. The molecule has 156 valence electrons. The maximum Gasteiger partial charge on any atom is 0.193 e. The predicted octanol–water partition coefficient (Wildman–Crippen LogP) is 5.02. The second kappa shape index (κ2) is 10.8. The molecule has 1 fully saturated rings. The van der Waals surface area contributed by atoms with E-state index in [4.69, 9.17) is 10.5 Å². The van der Waals surface area contributed by atoms with Gasteiger partial charge in [-0.3, -0.25) is 0 Å². The molecule has 0 saturated carbocycles. The van der Waals surface area contributed by atoms with Crippen molar-refractivity contribution in [1.82, 2.24) is 4.98 Å². The van der Waals surface area contributed by atoms with Gasteiger partial charge in [-0.25, -0.2) is 9.98 Å². The van der Waals surface area contributed by atoms with Crippen LogP contribution in [0.5, 0.6) is 11.5 Å². The van der Waals surface area contributed by atoms with Gasteiger partial charge in [-0.1, -0.05) is 24.3 Å². The van der Waals surface area contributed by atoms with E-state index in [2.05, 4.69) is 26.3 Å². The summed E-state index contributed by atoms with van der Waals surface area (Å²) in [5.74, 6) is 2.91. The Kier molecular flexibility index (Phi) is 7.89. The number of anilines is 2. The molecule has 2 heterocycles. The van der Waals surface area contributed by atoms with Gasteiger partial charge in [0.1, 0.15) is 17.3 Å². The van der Waals surface area contributed by atoms with Crippen molar-refractivity contribution in [3.63, 3.8) is 0 Å². The van der Waals surface area contributed by atoms with Crippen molar-refractivity contribution in [2.24, 2.45) is 10.7 Å². The first-order valence-corrected chi connectivity index (χ1v) is 9.86. The van der Waals surface area contributed by atoms with Crippen LogP contribution in [0, 0.1) is 0 Å². The number of nitrogens with zero attached hydrogens (tertiary/aromatic N) is 3. The first-order valence-electron chi connectivity index (χ1n) is 9.86. The summed E-state index contributed by atoms with van der Waals surface area (Å²) in [6, 6.07) is 21.4. The number of guanidine groups is 1. The molecule has 0 radical (unpaired) electrons. The molecule has 0 amide bonds. The summed E-state index contributed by atoms with van der Waals surface area (Å²) >= 11 is 0. The van der Waals surface area contributed by atoms with Gasteiger partial charge in [0.15, 0.2) is 5.96 Å². The molecule has 3 N–H and O–H groups in total. The monoisotopic (exact) mass is 515 g/mol. The topological polar surface area (TPSA) is 75.8 Å². The minimum Gasteiger partial charge on any atom is -0.457 e. The summed E-state index contributed by atoms with van der Waals surface area (Å²) in [4.78, 5) is 11.3. The minimum absolute atomic E-state index is 0. The largest absolute Gasteiger partial charge is 0.457 e. The van der Waals surface area contributed by atoms with Crippen molar-refractivity contribution >= 4 is 41.4 Å². The van der Waals surface area contributed by atoms with Gasteiger partial charge in [-0.2, -0.15) is 0 Å². The van der Waals surface area contributed by atoms with E-state index in [-0.39, 0.29) is 24.0 Å². The van der Waals surface area contributed by atoms with Crippen LogP contribution in [0.3, 0.4) is 0 Å². The van der Waals surface area contributed by atoms with Crippen molar-refractivity contribution < 1.29 is 4.74 Å². The Hall–Kier alpha value is -2.81. The Morgan fingerprint density at radius 3 is 2.57 bits per heavy atom. The summed E-state index contributed by atoms with van der Waals surface area (Å²) in [6.45, 7) is 2.65. The van der Waals surface area contributed by atoms with E-state index >= 15 is 0 Å². The molecule has 1 aliphatic rings. The molecule has 1 aromatic heterocycles. The number of hydrogen-bond acceptors (Lipinski definition) is 4. The quantitative estimate of drug-likeness (QED) is 0.274. The summed E-state index contributed by atoms with van der Waals surface area (Å²) in [7, 11) is 0. The summed E-state index contributed by atoms with van der Waals surface area (Å²) in [5.41, 5.74) is 8.01. The van der Waals surface area contributed by atoms with Crippen LogP contribution in [0.25, 0.3) is 0 Å². The summed E-state index contributed by atoms with van der Waals surface area (Å²) in [6.07, 6.45) is 4.30. The molecule has 0 atom stereocenters. The van der Waals surface area contributed by atoms with Crippen LogP contribution in [0.4, 0.5) is 11.5 Å². The van der Waals surface area contributed by atoms with Gasteiger partial charge in [-0.05, 0) is 54.8 Å². The predicted molar refractivity (Wildman–Crippen MR) is 133 cm³/mol. The number of aromatic nitrogens is 1. The van der Waals surface area contributed by atoms with E-state index in [1.54, 1.807) is 0 Å². The standard InChI is InChI=1S/C23H25N5O.HI/c24-23(26-17-18-11-12-25-22(15-18)28-13-4-5-14-28)27-19-7-6-10-21(16-19)29-20-8-2-1-3-9-20;/h1-3,6-12,15-16H,4-5,13-14,17H2,(H3,24,26,27);1H. The van der Waals surface area contributed by atoms with E-state index in [1.165, 1.54) is 12.8 Å². The molecule has 4 rings (SSSR count). The molecule has 1 aliphatic heterocycles. The van der Waals surface area contributed by atoms with Crippen LogP contribution in [0.15, 0.2) is 77.9 Å². The van der Waals surface area contributed by atoms with Crippen molar-refractivity contribution in [2.45, 2.75) is 19.4 Å². The van der Waals surface area contributed by atoms with Gasteiger partial charge in [0.05, 0.1) is 6.54 Å². The third kappa shape index (κ3) is 6.09. The number of hydrogen-bond donors (Lipinski definition) is 2. The SMILES string of the molecule is I.NC(=NCc1ccnc(N2CCCC2)c1)Nc1cccc(Oc2ccccc2)c1. The lowest BCUT2D eigenvalue weighted by Gasteiger charge is -2.16. The molecular formula is C23H26IN5O. The molecule has 3 aromatic rings. The molecule has 30 heavy (non-hydrogen) atoms. The van der Waals surface area contributed by atoms with Gasteiger partial charge in [0.2, 0.25) is 0 Å².